The lowest BCUT2D eigenvalue weighted by Gasteiger charge is -2.14. The standard InChI is InChI=1S/C12H16Cl2O/c1-8(2)6-10(15)7-9-4-3-5-11(13)12(9)14/h3-5,8,10,15H,6-7H2,1-2H3. The molecule has 0 saturated carbocycles. The molecule has 0 aliphatic rings. The van der Waals surface area contributed by atoms with Crippen LogP contribution in [-0.2, 0) is 6.42 Å². The van der Waals surface area contributed by atoms with Crippen LogP contribution in [0, 0.1) is 5.92 Å². The fraction of sp³-hybridized carbons (Fsp3) is 0.500. The van der Waals surface area contributed by atoms with Gasteiger partial charge in [-0.3, -0.25) is 0 Å². The molecular formula is C12H16Cl2O. The van der Waals surface area contributed by atoms with Crippen LogP contribution >= 0.6 is 23.2 Å². The van der Waals surface area contributed by atoms with Crippen molar-refractivity contribution in [1.82, 2.24) is 0 Å². The second kappa shape index (κ2) is 5.74. The van der Waals surface area contributed by atoms with Crippen LogP contribution in [0.1, 0.15) is 25.8 Å². The molecule has 1 aromatic rings. The highest BCUT2D eigenvalue weighted by Gasteiger charge is 2.11. The monoisotopic (exact) mass is 246 g/mol. The van der Waals surface area contributed by atoms with Gasteiger partial charge in [0, 0.05) is 0 Å². The molecule has 15 heavy (non-hydrogen) atoms. The Labute approximate surface area is 101 Å². The molecule has 0 aliphatic heterocycles. The molecule has 0 heterocycles. The summed E-state index contributed by atoms with van der Waals surface area (Å²) in [6, 6.07) is 5.51. The molecule has 0 fully saturated rings. The van der Waals surface area contributed by atoms with Crippen LogP contribution in [0.25, 0.3) is 0 Å². The fourth-order valence-corrected chi connectivity index (χ4v) is 1.98. The van der Waals surface area contributed by atoms with Crippen molar-refractivity contribution in [3.8, 4) is 0 Å². The summed E-state index contributed by atoms with van der Waals surface area (Å²) in [5.74, 6) is 0.484. The van der Waals surface area contributed by atoms with Gasteiger partial charge in [0.2, 0.25) is 0 Å². The number of hydrogen-bond acceptors (Lipinski definition) is 1. The SMILES string of the molecule is CC(C)CC(O)Cc1cccc(Cl)c1Cl. The van der Waals surface area contributed by atoms with Gasteiger partial charge in [0.15, 0.2) is 0 Å². The van der Waals surface area contributed by atoms with Gasteiger partial charge in [0.05, 0.1) is 16.1 Å². The van der Waals surface area contributed by atoms with Crippen molar-refractivity contribution in [2.24, 2.45) is 5.92 Å². The molecule has 3 heteroatoms. The van der Waals surface area contributed by atoms with Gasteiger partial charge >= 0.3 is 0 Å². The van der Waals surface area contributed by atoms with E-state index in [4.69, 9.17) is 23.2 Å². The molecule has 1 unspecified atom stereocenters. The molecule has 0 aromatic heterocycles. The summed E-state index contributed by atoms with van der Waals surface area (Å²) in [5.41, 5.74) is 0.914. The van der Waals surface area contributed by atoms with Gasteiger partial charge in [-0.1, -0.05) is 49.2 Å². The highest BCUT2D eigenvalue weighted by Crippen LogP contribution is 2.27. The van der Waals surface area contributed by atoms with Gasteiger partial charge < -0.3 is 5.11 Å². The summed E-state index contributed by atoms with van der Waals surface area (Å²) < 4.78 is 0. The molecule has 1 aromatic carbocycles. The Kier molecular flexibility index (Phi) is 4.91. The van der Waals surface area contributed by atoms with E-state index in [1.54, 1.807) is 6.07 Å². The third kappa shape index (κ3) is 4.02. The van der Waals surface area contributed by atoms with Crippen molar-refractivity contribution < 1.29 is 5.11 Å². The number of benzene rings is 1. The molecule has 1 rings (SSSR count). The van der Waals surface area contributed by atoms with E-state index in [1.165, 1.54) is 0 Å². The topological polar surface area (TPSA) is 20.2 Å². The summed E-state index contributed by atoms with van der Waals surface area (Å²) >= 11 is 11.9. The largest absolute Gasteiger partial charge is 0.393 e. The number of halogens is 2. The van der Waals surface area contributed by atoms with E-state index in [9.17, 15) is 5.11 Å². The lowest BCUT2D eigenvalue weighted by atomic mass is 10.00. The third-order valence-electron chi connectivity index (χ3n) is 2.23. The minimum Gasteiger partial charge on any atom is -0.393 e. The van der Waals surface area contributed by atoms with E-state index >= 15 is 0 Å². The van der Waals surface area contributed by atoms with Gasteiger partial charge in [0.1, 0.15) is 0 Å². The van der Waals surface area contributed by atoms with E-state index in [0.717, 1.165) is 12.0 Å². The van der Waals surface area contributed by atoms with Crippen molar-refractivity contribution in [2.75, 3.05) is 0 Å². The number of aliphatic hydroxyl groups excluding tert-OH is 1. The summed E-state index contributed by atoms with van der Waals surface area (Å²) in [6.07, 6.45) is 1.00. The lowest BCUT2D eigenvalue weighted by Crippen LogP contribution is -2.13. The molecular weight excluding hydrogens is 231 g/mol. The van der Waals surface area contributed by atoms with Crippen molar-refractivity contribution in [2.45, 2.75) is 32.8 Å². The molecule has 0 bridgehead atoms. The zero-order valence-electron chi connectivity index (χ0n) is 9.00. The van der Waals surface area contributed by atoms with E-state index < -0.39 is 0 Å². The normalized spacial score (nSPS) is 13.2. The Balaban J connectivity index is 2.68. The molecule has 0 radical (unpaired) electrons. The van der Waals surface area contributed by atoms with Gasteiger partial charge in [-0.05, 0) is 30.4 Å². The van der Waals surface area contributed by atoms with Gasteiger partial charge in [-0.15, -0.1) is 0 Å². The molecule has 0 spiro atoms. The predicted octanol–water partition coefficient (Wildman–Crippen LogP) is 3.94. The lowest BCUT2D eigenvalue weighted by molar-refractivity contribution is 0.149. The van der Waals surface area contributed by atoms with Crippen molar-refractivity contribution in [1.29, 1.82) is 0 Å². The summed E-state index contributed by atoms with van der Waals surface area (Å²) in [5, 5.41) is 10.9. The van der Waals surface area contributed by atoms with Gasteiger partial charge in [-0.25, -0.2) is 0 Å². The molecule has 1 nitrogen and oxygen atoms in total. The quantitative estimate of drug-likeness (QED) is 0.854. The Morgan fingerprint density at radius 3 is 2.53 bits per heavy atom. The second-order valence-corrected chi connectivity index (χ2v) is 4.99. The van der Waals surface area contributed by atoms with Crippen LogP contribution in [0.2, 0.25) is 10.0 Å². The van der Waals surface area contributed by atoms with Crippen LogP contribution < -0.4 is 0 Å². The predicted molar refractivity (Wildman–Crippen MR) is 65.6 cm³/mol. The first-order valence-electron chi connectivity index (χ1n) is 5.11. The Hall–Kier alpha value is -0.240. The third-order valence-corrected chi connectivity index (χ3v) is 3.09. The van der Waals surface area contributed by atoms with E-state index in [-0.39, 0.29) is 6.10 Å². The smallest absolute Gasteiger partial charge is 0.0625 e. The van der Waals surface area contributed by atoms with Crippen LogP contribution in [0.15, 0.2) is 18.2 Å². The van der Waals surface area contributed by atoms with Crippen LogP contribution in [0.4, 0.5) is 0 Å². The highest BCUT2D eigenvalue weighted by atomic mass is 35.5. The summed E-state index contributed by atoms with van der Waals surface area (Å²) in [6.45, 7) is 4.17. The van der Waals surface area contributed by atoms with E-state index in [1.807, 2.05) is 12.1 Å². The van der Waals surface area contributed by atoms with Crippen molar-refractivity contribution in [3.63, 3.8) is 0 Å². The van der Waals surface area contributed by atoms with E-state index in [0.29, 0.717) is 22.4 Å². The zero-order valence-corrected chi connectivity index (χ0v) is 10.5. The Bertz CT molecular complexity index is 323. The minimum absolute atomic E-state index is 0.346. The summed E-state index contributed by atoms with van der Waals surface area (Å²) in [4.78, 5) is 0. The maximum Gasteiger partial charge on any atom is 0.0625 e. The fourth-order valence-electron chi connectivity index (χ4n) is 1.59. The Morgan fingerprint density at radius 1 is 1.27 bits per heavy atom. The van der Waals surface area contributed by atoms with Crippen molar-refractivity contribution >= 4 is 23.2 Å². The average Bonchev–Trinajstić information content (AvgIpc) is 2.11. The van der Waals surface area contributed by atoms with Gasteiger partial charge in [0.25, 0.3) is 0 Å². The van der Waals surface area contributed by atoms with E-state index in [2.05, 4.69) is 13.8 Å². The molecule has 84 valence electrons. The zero-order chi connectivity index (χ0) is 11.4. The first kappa shape index (κ1) is 12.8. The molecule has 0 amide bonds. The number of rotatable bonds is 4. The van der Waals surface area contributed by atoms with Crippen LogP contribution in [0.3, 0.4) is 0 Å². The molecule has 1 atom stereocenters. The van der Waals surface area contributed by atoms with Crippen molar-refractivity contribution in [3.05, 3.63) is 33.8 Å². The average molecular weight is 247 g/mol. The van der Waals surface area contributed by atoms with Crippen LogP contribution in [0.5, 0.6) is 0 Å². The number of aliphatic hydroxyl groups is 1. The highest BCUT2D eigenvalue weighted by molar-refractivity contribution is 6.42. The second-order valence-electron chi connectivity index (χ2n) is 4.20. The molecule has 0 saturated heterocycles. The summed E-state index contributed by atoms with van der Waals surface area (Å²) in [7, 11) is 0. The maximum absolute atomic E-state index is 9.79. The minimum atomic E-state index is -0.346. The van der Waals surface area contributed by atoms with Gasteiger partial charge in [-0.2, -0.15) is 0 Å². The van der Waals surface area contributed by atoms with Crippen LogP contribution in [-0.4, -0.2) is 11.2 Å². The molecule has 0 aliphatic carbocycles. The Morgan fingerprint density at radius 2 is 1.93 bits per heavy atom. The first-order chi connectivity index (χ1) is 7.00. The first-order valence-corrected chi connectivity index (χ1v) is 5.87. The molecule has 1 N–H and O–H groups in total. The maximum atomic E-state index is 9.79. The number of hydrogen-bond donors (Lipinski definition) is 1.